The van der Waals surface area contributed by atoms with Gasteiger partial charge in [-0.15, -0.1) is 0 Å². The van der Waals surface area contributed by atoms with Gasteiger partial charge < -0.3 is 10.6 Å². The van der Waals surface area contributed by atoms with Crippen molar-refractivity contribution in [1.29, 1.82) is 0 Å². The second-order valence-corrected chi connectivity index (χ2v) is 3.46. The molecule has 1 unspecified atom stereocenters. The first-order chi connectivity index (χ1) is 8.04. The molecule has 0 saturated carbocycles. The van der Waals surface area contributed by atoms with Gasteiger partial charge in [-0.3, -0.25) is 9.59 Å². The van der Waals surface area contributed by atoms with Crippen LogP contribution in [0.15, 0.2) is 18.3 Å². The smallest absolute Gasteiger partial charge is 0.253 e. The lowest BCUT2D eigenvalue weighted by Gasteiger charge is -2.12. The molecule has 0 bridgehead atoms. The summed E-state index contributed by atoms with van der Waals surface area (Å²) in [7, 11) is 0. The second kappa shape index (κ2) is 5.93. The van der Waals surface area contributed by atoms with Gasteiger partial charge >= 0.3 is 0 Å². The molecule has 0 fully saturated rings. The third-order valence-electron chi connectivity index (χ3n) is 2.08. The van der Waals surface area contributed by atoms with Crippen molar-refractivity contribution in [2.75, 3.05) is 6.54 Å². The fourth-order valence-corrected chi connectivity index (χ4v) is 1.18. The molecule has 0 spiro atoms. The van der Waals surface area contributed by atoms with Crippen LogP contribution in [0.4, 0.5) is 4.39 Å². The molecule has 0 aromatic carbocycles. The maximum absolute atomic E-state index is 12.5. The Balaban J connectivity index is 2.60. The number of nitrogens with zero attached hydrogens (tertiary/aromatic N) is 1. The van der Waals surface area contributed by atoms with Crippen molar-refractivity contribution in [3.05, 3.63) is 29.8 Å². The minimum absolute atomic E-state index is 0.211. The standard InChI is InChI=1S/C11H14FN3O2/c1-3-13-10(16)7(2)15-11(17)8-4-5-9(12)14-6-8/h4-7H,3H2,1-2H3,(H,13,16)(H,15,17). The van der Waals surface area contributed by atoms with Crippen molar-refractivity contribution >= 4 is 11.8 Å². The minimum atomic E-state index is -0.654. The van der Waals surface area contributed by atoms with Crippen LogP contribution in [0.3, 0.4) is 0 Å². The number of carbonyl (C=O) groups excluding carboxylic acids is 2. The predicted octanol–water partition coefficient (Wildman–Crippen LogP) is 0.475. The molecule has 1 heterocycles. The second-order valence-electron chi connectivity index (χ2n) is 3.46. The molecule has 5 nitrogen and oxygen atoms in total. The Labute approximate surface area is 98.4 Å². The quantitative estimate of drug-likeness (QED) is 0.750. The topological polar surface area (TPSA) is 71.1 Å². The van der Waals surface area contributed by atoms with Crippen LogP contribution < -0.4 is 10.6 Å². The largest absolute Gasteiger partial charge is 0.355 e. The highest BCUT2D eigenvalue weighted by molar-refractivity contribution is 5.97. The molecule has 17 heavy (non-hydrogen) atoms. The Bertz CT molecular complexity index is 406. The summed E-state index contributed by atoms with van der Waals surface area (Å²) in [6, 6.07) is 1.75. The summed E-state index contributed by atoms with van der Waals surface area (Å²) < 4.78 is 12.5. The number of halogens is 1. The summed E-state index contributed by atoms with van der Waals surface area (Å²) in [5, 5.41) is 5.07. The van der Waals surface area contributed by atoms with Gasteiger partial charge in [0.1, 0.15) is 6.04 Å². The van der Waals surface area contributed by atoms with E-state index in [2.05, 4.69) is 15.6 Å². The van der Waals surface area contributed by atoms with Gasteiger partial charge in [0.25, 0.3) is 5.91 Å². The van der Waals surface area contributed by atoms with Gasteiger partial charge in [-0.05, 0) is 26.0 Å². The van der Waals surface area contributed by atoms with E-state index in [1.54, 1.807) is 13.8 Å². The van der Waals surface area contributed by atoms with E-state index in [9.17, 15) is 14.0 Å². The van der Waals surface area contributed by atoms with Gasteiger partial charge in [0.2, 0.25) is 11.9 Å². The maximum Gasteiger partial charge on any atom is 0.253 e. The van der Waals surface area contributed by atoms with Crippen molar-refractivity contribution in [3.8, 4) is 0 Å². The fourth-order valence-electron chi connectivity index (χ4n) is 1.18. The predicted molar refractivity (Wildman–Crippen MR) is 59.8 cm³/mol. The van der Waals surface area contributed by atoms with Crippen molar-refractivity contribution in [1.82, 2.24) is 15.6 Å². The Hall–Kier alpha value is -1.98. The molecule has 0 aliphatic rings. The molecule has 92 valence electrons. The highest BCUT2D eigenvalue weighted by atomic mass is 19.1. The summed E-state index contributed by atoms with van der Waals surface area (Å²) in [6.07, 6.45) is 1.12. The van der Waals surface area contributed by atoms with Crippen molar-refractivity contribution in [2.45, 2.75) is 19.9 Å². The normalized spacial score (nSPS) is 11.7. The van der Waals surface area contributed by atoms with Crippen LogP contribution in [0.5, 0.6) is 0 Å². The average Bonchev–Trinajstić information content (AvgIpc) is 2.30. The molecule has 2 N–H and O–H groups in total. The van der Waals surface area contributed by atoms with Crippen LogP contribution in [0.1, 0.15) is 24.2 Å². The first-order valence-corrected chi connectivity index (χ1v) is 5.24. The van der Waals surface area contributed by atoms with E-state index in [1.165, 1.54) is 6.07 Å². The molecule has 1 rings (SSSR count). The van der Waals surface area contributed by atoms with Crippen LogP contribution in [-0.2, 0) is 4.79 Å². The number of amides is 2. The zero-order valence-electron chi connectivity index (χ0n) is 9.66. The Morgan fingerprint density at radius 3 is 2.71 bits per heavy atom. The van der Waals surface area contributed by atoms with E-state index >= 15 is 0 Å². The van der Waals surface area contributed by atoms with E-state index < -0.39 is 17.9 Å². The molecular weight excluding hydrogens is 225 g/mol. The number of hydrogen-bond donors (Lipinski definition) is 2. The van der Waals surface area contributed by atoms with E-state index in [1.807, 2.05) is 0 Å². The van der Waals surface area contributed by atoms with Crippen molar-refractivity contribution < 1.29 is 14.0 Å². The lowest BCUT2D eigenvalue weighted by molar-refractivity contribution is -0.122. The number of likely N-dealkylation sites (N-methyl/N-ethyl adjacent to an activating group) is 1. The number of pyridine rings is 1. The lowest BCUT2D eigenvalue weighted by atomic mass is 10.2. The first-order valence-electron chi connectivity index (χ1n) is 5.24. The number of rotatable bonds is 4. The first kappa shape index (κ1) is 13.1. The number of nitrogens with one attached hydrogen (secondary N) is 2. The molecule has 0 aliphatic heterocycles. The SMILES string of the molecule is CCNC(=O)C(C)NC(=O)c1ccc(F)nc1. The van der Waals surface area contributed by atoms with E-state index in [0.717, 1.165) is 12.3 Å². The van der Waals surface area contributed by atoms with Crippen LogP contribution >= 0.6 is 0 Å². The van der Waals surface area contributed by atoms with Gasteiger partial charge in [0.15, 0.2) is 0 Å². The number of hydrogen-bond acceptors (Lipinski definition) is 3. The molecule has 1 aromatic heterocycles. The van der Waals surface area contributed by atoms with E-state index in [-0.39, 0.29) is 11.5 Å². The van der Waals surface area contributed by atoms with Gasteiger partial charge in [-0.25, -0.2) is 4.98 Å². The van der Waals surface area contributed by atoms with Gasteiger partial charge in [-0.2, -0.15) is 4.39 Å². The summed E-state index contributed by atoms with van der Waals surface area (Å²) in [5.74, 6) is -1.38. The van der Waals surface area contributed by atoms with Crippen molar-refractivity contribution in [3.63, 3.8) is 0 Å². The monoisotopic (exact) mass is 239 g/mol. The van der Waals surface area contributed by atoms with Gasteiger partial charge in [-0.1, -0.05) is 0 Å². The number of carbonyl (C=O) groups is 2. The molecular formula is C11H14FN3O2. The maximum atomic E-state index is 12.5. The lowest BCUT2D eigenvalue weighted by Crippen LogP contribution is -2.44. The fraction of sp³-hybridized carbons (Fsp3) is 0.364. The van der Waals surface area contributed by atoms with Crippen LogP contribution in [-0.4, -0.2) is 29.4 Å². The summed E-state index contributed by atoms with van der Waals surface area (Å²) in [5.41, 5.74) is 0.211. The number of aromatic nitrogens is 1. The molecule has 6 heteroatoms. The van der Waals surface area contributed by atoms with Gasteiger partial charge in [0.05, 0.1) is 5.56 Å². The molecule has 0 saturated heterocycles. The minimum Gasteiger partial charge on any atom is -0.355 e. The molecule has 0 radical (unpaired) electrons. The summed E-state index contributed by atoms with van der Waals surface area (Å²) in [6.45, 7) is 3.85. The third-order valence-corrected chi connectivity index (χ3v) is 2.08. The molecule has 0 aliphatic carbocycles. The Morgan fingerprint density at radius 1 is 1.47 bits per heavy atom. The average molecular weight is 239 g/mol. The van der Waals surface area contributed by atoms with Crippen LogP contribution in [0, 0.1) is 5.95 Å². The molecule has 1 atom stereocenters. The van der Waals surface area contributed by atoms with Crippen LogP contribution in [0.2, 0.25) is 0 Å². The molecule has 2 amide bonds. The van der Waals surface area contributed by atoms with Crippen molar-refractivity contribution in [2.24, 2.45) is 0 Å². The Kier molecular flexibility index (Phi) is 4.56. The third kappa shape index (κ3) is 3.82. The molecule has 1 aromatic rings. The summed E-state index contributed by atoms with van der Waals surface area (Å²) >= 11 is 0. The Morgan fingerprint density at radius 2 is 2.18 bits per heavy atom. The van der Waals surface area contributed by atoms with E-state index in [4.69, 9.17) is 0 Å². The zero-order valence-corrected chi connectivity index (χ0v) is 9.66. The van der Waals surface area contributed by atoms with E-state index in [0.29, 0.717) is 6.54 Å². The summed E-state index contributed by atoms with van der Waals surface area (Å²) in [4.78, 5) is 26.3. The highest BCUT2D eigenvalue weighted by Crippen LogP contribution is 1.99. The van der Waals surface area contributed by atoms with Gasteiger partial charge in [0, 0.05) is 12.7 Å². The van der Waals surface area contributed by atoms with Crippen LogP contribution in [0.25, 0.3) is 0 Å². The zero-order chi connectivity index (χ0) is 12.8. The highest BCUT2D eigenvalue weighted by Gasteiger charge is 2.15.